The van der Waals surface area contributed by atoms with Gasteiger partial charge >= 0.3 is 0 Å². The summed E-state index contributed by atoms with van der Waals surface area (Å²) in [6.07, 6.45) is 3.63. The number of hydrogen-bond acceptors (Lipinski definition) is 3. The molecule has 132 valence electrons. The number of nitrogens with zero attached hydrogens (tertiary/aromatic N) is 2. The van der Waals surface area contributed by atoms with Gasteiger partial charge in [-0.2, -0.15) is 0 Å². The van der Waals surface area contributed by atoms with Crippen molar-refractivity contribution < 1.29 is 9.59 Å². The lowest BCUT2D eigenvalue weighted by Gasteiger charge is -2.17. The second-order valence-corrected chi connectivity index (χ2v) is 6.42. The van der Waals surface area contributed by atoms with Gasteiger partial charge in [-0.1, -0.05) is 24.6 Å². The summed E-state index contributed by atoms with van der Waals surface area (Å²) in [5.74, 6) is -0.124. The highest BCUT2D eigenvalue weighted by molar-refractivity contribution is 6.05. The van der Waals surface area contributed by atoms with E-state index in [4.69, 9.17) is 0 Å². The van der Waals surface area contributed by atoms with Gasteiger partial charge in [0.05, 0.1) is 5.69 Å². The molecule has 0 unspecified atom stereocenters. The maximum absolute atomic E-state index is 12.7. The van der Waals surface area contributed by atoms with Gasteiger partial charge in [0, 0.05) is 18.8 Å². The van der Waals surface area contributed by atoms with E-state index in [2.05, 4.69) is 15.6 Å². The number of aromatic nitrogens is 2. The van der Waals surface area contributed by atoms with Gasteiger partial charge in [0.15, 0.2) is 11.5 Å². The zero-order valence-electron chi connectivity index (χ0n) is 14.8. The Labute approximate surface area is 147 Å². The van der Waals surface area contributed by atoms with Gasteiger partial charge in [0.1, 0.15) is 0 Å². The Morgan fingerprint density at radius 1 is 1.16 bits per heavy atom. The molecule has 2 N–H and O–H groups in total. The molecule has 3 rings (SSSR count). The predicted octanol–water partition coefficient (Wildman–Crippen LogP) is 2.92. The molecule has 1 aromatic heterocycles. The third-order valence-electron chi connectivity index (χ3n) is 4.38. The van der Waals surface area contributed by atoms with Crippen LogP contribution in [-0.4, -0.2) is 27.9 Å². The molecule has 6 heteroatoms. The molecule has 1 aliphatic heterocycles. The second-order valence-electron chi connectivity index (χ2n) is 6.42. The van der Waals surface area contributed by atoms with E-state index in [9.17, 15) is 9.59 Å². The molecule has 0 bridgehead atoms. The van der Waals surface area contributed by atoms with E-state index in [1.807, 2.05) is 42.7 Å². The minimum absolute atomic E-state index is 0.209. The summed E-state index contributed by atoms with van der Waals surface area (Å²) in [6.45, 7) is 5.33. The van der Waals surface area contributed by atoms with Gasteiger partial charge in [-0.15, -0.1) is 0 Å². The average Bonchev–Trinajstić information content (AvgIpc) is 3.01. The standard InChI is InChI=1S/C19H24N4O2/c1-3-11-20-19(25)17-22-16(15-6-4-5-12-23(15)17)18(24)21-14-9-7-13(2)8-10-14/h7-10H,3-6,11-12H2,1-2H3,(H,20,25)(H,21,24). The number of benzene rings is 1. The van der Waals surface area contributed by atoms with Crippen LogP contribution in [0, 0.1) is 6.92 Å². The molecular weight excluding hydrogens is 316 g/mol. The Balaban J connectivity index is 1.87. The number of aryl methyl sites for hydroxylation is 1. The molecule has 0 fully saturated rings. The van der Waals surface area contributed by atoms with E-state index >= 15 is 0 Å². The van der Waals surface area contributed by atoms with Crippen molar-refractivity contribution in [3.05, 3.63) is 47.0 Å². The number of rotatable bonds is 5. The van der Waals surface area contributed by atoms with E-state index in [-0.39, 0.29) is 11.8 Å². The Morgan fingerprint density at radius 2 is 1.92 bits per heavy atom. The maximum atomic E-state index is 12.7. The molecule has 1 aromatic carbocycles. The van der Waals surface area contributed by atoms with Crippen LogP contribution in [0.4, 0.5) is 5.69 Å². The molecule has 2 aromatic rings. The summed E-state index contributed by atoms with van der Waals surface area (Å²) in [5, 5.41) is 5.74. The first-order valence-electron chi connectivity index (χ1n) is 8.85. The minimum Gasteiger partial charge on any atom is -0.349 e. The summed E-state index contributed by atoms with van der Waals surface area (Å²) >= 11 is 0. The molecule has 2 amide bonds. The Morgan fingerprint density at radius 3 is 2.64 bits per heavy atom. The first-order valence-corrected chi connectivity index (χ1v) is 8.85. The van der Waals surface area contributed by atoms with Crippen molar-refractivity contribution in [1.29, 1.82) is 0 Å². The monoisotopic (exact) mass is 340 g/mol. The second kappa shape index (κ2) is 7.51. The SMILES string of the molecule is CCCNC(=O)c1nc(C(=O)Nc2ccc(C)cc2)c2n1CCCC2. The molecular formula is C19H24N4O2. The minimum atomic E-state index is -0.260. The Hall–Kier alpha value is -2.63. The van der Waals surface area contributed by atoms with E-state index < -0.39 is 0 Å². The average molecular weight is 340 g/mol. The van der Waals surface area contributed by atoms with Crippen molar-refractivity contribution in [2.75, 3.05) is 11.9 Å². The normalized spacial score (nSPS) is 13.2. The summed E-state index contributed by atoms with van der Waals surface area (Å²) in [7, 11) is 0. The maximum Gasteiger partial charge on any atom is 0.287 e. The summed E-state index contributed by atoms with van der Waals surface area (Å²) in [4.78, 5) is 29.5. The molecule has 0 aliphatic carbocycles. The first-order chi connectivity index (χ1) is 12.1. The lowest BCUT2D eigenvalue weighted by Crippen LogP contribution is -2.28. The highest BCUT2D eigenvalue weighted by Crippen LogP contribution is 2.22. The highest BCUT2D eigenvalue weighted by atomic mass is 16.2. The van der Waals surface area contributed by atoms with Crippen molar-refractivity contribution in [3.8, 4) is 0 Å². The van der Waals surface area contributed by atoms with E-state index in [1.165, 1.54) is 0 Å². The number of carbonyl (C=O) groups is 2. The van der Waals surface area contributed by atoms with Crippen LogP contribution < -0.4 is 10.6 Å². The smallest absolute Gasteiger partial charge is 0.287 e. The quantitative estimate of drug-likeness (QED) is 0.879. The zero-order valence-corrected chi connectivity index (χ0v) is 14.8. The molecule has 0 saturated heterocycles. The van der Waals surface area contributed by atoms with Crippen molar-refractivity contribution in [2.45, 2.75) is 46.1 Å². The van der Waals surface area contributed by atoms with Crippen molar-refractivity contribution in [2.24, 2.45) is 0 Å². The zero-order chi connectivity index (χ0) is 17.8. The Bertz CT molecular complexity index is 777. The van der Waals surface area contributed by atoms with E-state index in [0.717, 1.165) is 49.2 Å². The van der Waals surface area contributed by atoms with Crippen molar-refractivity contribution in [3.63, 3.8) is 0 Å². The molecule has 0 saturated carbocycles. The molecule has 0 spiro atoms. The van der Waals surface area contributed by atoms with Gasteiger partial charge < -0.3 is 15.2 Å². The van der Waals surface area contributed by atoms with Crippen LogP contribution in [0.5, 0.6) is 0 Å². The van der Waals surface area contributed by atoms with Crippen LogP contribution in [0.2, 0.25) is 0 Å². The van der Waals surface area contributed by atoms with E-state index in [1.54, 1.807) is 0 Å². The third-order valence-corrected chi connectivity index (χ3v) is 4.38. The van der Waals surface area contributed by atoms with Gasteiger partial charge in [-0.05, 0) is 44.7 Å². The predicted molar refractivity (Wildman–Crippen MR) is 96.9 cm³/mol. The van der Waals surface area contributed by atoms with Gasteiger partial charge in [0.25, 0.3) is 11.8 Å². The Kier molecular flexibility index (Phi) is 5.16. The molecule has 6 nitrogen and oxygen atoms in total. The number of fused-ring (bicyclic) bond motifs is 1. The topological polar surface area (TPSA) is 76.0 Å². The number of anilines is 1. The number of hydrogen-bond donors (Lipinski definition) is 2. The van der Waals surface area contributed by atoms with Crippen LogP contribution in [0.15, 0.2) is 24.3 Å². The number of nitrogens with one attached hydrogen (secondary N) is 2. The highest BCUT2D eigenvalue weighted by Gasteiger charge is 2.27. The fraction of sp³-hybridized carbons (Fsp3) is 0.421. The van der Waals surface area contributed by atoms with Gasteiger partial charge in [-0.3, -0.25) is 9.59 Å². The van der Waals surface area contributed by atoms with Crippen molar-refractivity contribution in [1.82, 2.24) is 14.9 Å². The third kappa shape index (κ3) is 3.73. The van der Waals surface area contributed by atoms with Gasteiger partial charge in [-0.25, -0.2) is 4.98 Å². The first kappa shape index (κ1) is 17.2. The molecule has 25 heavy (non-hydrogen) atoms. The number of carbonyl (C=O) groups excluding carboxylic acids is 2. The van der Waals surface area contributed by atoms with Gasteiger partial charge in [0.2, 0.25) is 0 Å². The lowest BCUT2D eigenvalue weighted by molar-refractivity contribution is 0.0937. The van der Waals surface area contributed by atoms with Crippen LogP contribution in [0.25, 0.3) is 0 Å². The molecule has 1 aliphatic rings. The van der Waals surface area contributed by atoms with Crippen LogP contribution in [0.3, 0.4) is 0 Å². The van der Waals surface area contributed by atoms with Crippen LogP contribution in [0.1, 0.15) is 58.6 Å². The molecule has 0 atom stereocenters. The lowest BCUT2D eigenvalue weighted by atomic mass is 10.1. The fourth-order valence-electron chi connectivity index (χ4n) is 3.04. The summed E-state index contributed by atoms with van der Waals surface area (Å²) in [5.41, 5.74) is 3.08. The number of imidazole rings is 1. The van der Waals surface area contributed by atoms with Crippen LogP contribution >= 0.6 is 0 Å². The summed E-state index contributed by atoms with van der Waals surface area (Å²) < 4.78 is 1.90. The number of amides is 2. The largest absolute Gasteiger partial charge is 0.349 e. The van der Waals surface area contributed by atoms with Crippen molar-refractivity contribution >= 4 is 17.5 Å². The molecule has 0 radical (unpaired) electrons. The van der Waals surface area contributed by atoms with Crippen LogP contribution in [-0.2, 0) is 13.0 Å². The van der Waals surface area contributed by atoms with E-state index in [0.29, 0.717) is 18.1 Å². The fourth-order valence-corrected chi connectivity index (χ4v) is 3.04. The summed E-state index contributed by atoms with van der Waals surface area (Å²) in [6, 6.07) is 7.62. The molecule has 2 heterocycles.